The maximum atomic E-state index is 13.4. The highest BCUT2D eigenvalue weighted by molar-refractivity contribution is 6.31. The quantitative estimate of drug-likeness (QED) is 0.496. The van der Waals surface area contributed by atoms with E-state index in [2.05, 4.69) is 5.32 Å². The van der Waals surface area contributed by atoms with E-state index in [4.69, 9.17) is 30.5 Å². The Morgan fingerprint density at radius 1 is 1.05 bits per heavy atom. The van der Waals surface area contributed by atoms with Crippen molar-refractivity contribution in [2.45, 2.75) is 18.9 Å². The molecule has 9 heteroatoms. The highest BCUT2D eigenvalue weighted by atomic mass is 35.5. The summed E-state index contributed by atoms with van der Waals surface area (Å²) in [4.78, 5) is 27.9. The summed E-state index contributed by atoms with van der Waals surface area (Å²) in [5.41, 5.74) is 3.89. The number of rotatable bonds is 6. The minimum absolute atomic E-state index is 0.0550. The Hall–Kier alpha value is -3.91. The predicted octanol–water partition coefficient (Wildman–Crippen LogP) is 4.88. The molecule has 192 valence electrons. The van der Waals surface area contributed by atoms with Crippen LogP contribution in [0.1, 0.15) is 23.5 Å². The Morgan fingerprint density at radius 2 is 1.86 bits per heavy atom. The number of ether oxygens (including phenoxy) is 4. The average Bonchev–Trinajstić information content (AvgIpc) is 3.06. The largest absolute Gasteiger partial charge is 0.497 e. The predicted molar refractivity (Wildman–Crippen MR) is 140 cm³/mol. The molecule has 5 rings (SSSR count). The van der Waals surface area contributed by atoms with E-state index in [0.717, 1.165) is 22.3 Å². The molecule has 0 saturated heterocycles. The molecule has 0 aliphatic carbocycles. The maximum absolute atomic E-state index is 13.4. The van der Waals surface area contributed by atoms with Crippen LogP contribution in [-0.4, -0.2) is 51.2 Å². The van der Waals surface area contributed by atoms with E-state index in [1.165, 1.54) is 0 Å². The normalized spacial score (nSPS) is 16.2. The fourth-order valence-electron chi connectivity index (χ4n) is 4.85. The smallest absolute Gasteiger partial charge is 0.232 e. The molecule has 0 saturated carbocycles. The summed E-state index contributed by atoms with van der Waals surface area (Å²) in [5, 5.41) is 3.44. The van der Waals surface area contributed by atoms with Crippen LogP contribution in [0.15, 0.2) is 48.5 Å². The average molecular weight is 523 g/mol. The Balaban J connectivity index is 1.43. The zero-order valence-electron chi connectivity index (χ0n) is 20.8. The summed E-state index contributed by atoms with van der Waals surface area (Å²) < 4.78 is 22.5. The topological polar surface area (TPSA) is 86.3 Å². The van der Waals surface area contributed by atoms with Crippen LogP contribution in [0.2, 0.25) is 5.02 Å². The molecular formula is C28H27ClN2O6. The van der Waals surface area contributed by atoms with Gasteiger partial charge in [-0.1, -0.05) is 17.7 Å². The second kappa shape index (κ2) is 10.2. The Bertz CT molecular complexity index is 1380. The molecule has 0 radical (unpaired) electrons. The van der Waals surface area contributed by atoms with Gasteiger partial charge < -0.3 is 29.2 Å². The minimum atomic E-state index is -0.561. The number of fused-ring (bicyclic) bond motifs is 2. The van der Waals surface area contributed by atoms with Crippen molar-refractivity contribution in [2.24, 2.45) is 0 Å². The summed E-state index contributed by atoms with van der Waals surface area (Å²) in [6.45, 7) is 1.00. The number of hydrogen-bond acceptors (Lipinski definition) is 6. The van der Waals surface area contributed by atoms with Crippen LogP contribution in [0.3, 0.4) is 0 Å². The van der Waals surface area contributed by atoms with Gasteiger partial charge in [-0.2, -0.15) is 0 Å². The molecule has 0 bridgehead atoms. The van der Waals surface area contributed by atoms with Gasteiger partial charge in [-0.3, -0.25) is 9.59 Å². The van der Waals surface area contributed by atoms with E-state index >= 15 is 0 Å². The number of methoxy groups -OCH3 is 3. The number of halogens is 1. The molecule has 3 aromatic rings. The molecule has 37 heavy (non-hydrogen) atoms. The molecule has 8 nitrogen and oxygen atoms in total. The van der Waals surface area contributed by atoms with Gasteiger partial charge in [-0.15, -0.1) is 0 Å². The number of nitrogens with one attached hydrogen (secondary N) is 1. The van der Waals surface area contributed by atoms with Gasteiger partial charge in [0.15, 0.2) is 11.5 Å². The van der Waals surface area contributed by atoms with Gasteiger partial charge in [0.2, 0.25) is 11.8 Å². The molecule has 2 aliphatic heterocycles. The van der Waals surface area contributed by atoms with Crippen molar-refractivity contribution in [1.82, 2.24) is 4.90 Å². The monoisotopic (exact) mass is 522 g/mol. The lowest BCUT2D eigenvalue weighted by atomic mass is 9.96. The highest BCUT2D eigenvalue weighted by Gasteiger charge is 2.34. The third kappa shape index (κ3) is 4.76. The Morgan fingerprint density at radius 3 is 2.62 bits per heavy atom. The second-order valence-electron chi connectivity index (χ2n) is 8.87. The van der Waals surface area contributed by atoms with E-state index in [1.54, 1.807) is 44.4 Å². The van der Waals surface area contributed by atoms with E-state index in [9.17, 15) is 9.59 Å². The molecule has 1 N–H and O–H groups in total. The van der Waals surface area contributed by atoms with Crippen molar-refractivity contribution >= 4 is 29.1 Å². The van der Waals surface area contributed by atoms with Gasteiger partial charge in [0.25, 0.3) is 0 Å². The first-order valence-corrected chi connectivity index (χ1v) is 12.2. The summed E-state index contributed by atoms with van der Waals surface area (Å²) in [6.07, 6.45) is 0.0550. The minimum Gasteiger partial charge on any atom is -0.497 e. The number of amides is 2. The molecule has 0 aromatic heterocycles. The van der Waals surface area contributed by atoms with Crippen LogP contribution in [0.5, 0.6) is 23.0 Å². The maximum Gasteiger partial charge on any atom is 0.232 e. The van der Waals surface area contributed by atoms with Crippen LogP contribution >= 0.6 is 11.6 Å². The van der Waals surface area contributed by atoms with Gasteiger partial charge in [-0.25, -0.2) is 0 Å². The Labute approximate surface area is 220 Å². The molecule has 2 aliphatic rings. The molecule has 1 atom stereocenters. The van der Waals surface area contributed by atoms with Crippen molar-refractivity contribution in [3.8, 4) is 34.1 Å². The summed E-state index contributed by atoms with van der Waals surface area (Å²) in [6, 6.07) is 14.6. The number of carbonyl (C=O) groups excluding carboxylic acids is 2. The first kappa shape index (κ1) is 24.8. The van der Waals surface area contributed by atoms with E-state index in [1.807, 2.05) is 30.3 Å². The first-order chi connectivity index (χ1) is 17.9. The lowest BCUT2D eigenvalue weighted by Gasteiger charge is -2.22. The second-order valence-corrected chi connectivity index (χ2v) is 9.31. The van der Waals surface area contributed by atoms with Crippen LogP contribution in [0.4, 0.5) is 5.69 Å². The van der Waals surface area contributed by atoms with Gasteiger partial charge >= 0.3 is 0 Å². The van der Waals surface area contributed by atoms with Crippen molar-refractivity contribution in [3.05, 3.63) is 64.7 Å². The SMILES string of the molecule is COc1ccc2c(c1)NC(=O)C2CC(=O)N1CCOc2c(cc(-c3cc(Cl)ccc3OC)cc2OC)C1. The van der Waals surface area contributed by atoms with Crippen molar-refractivity contribution in [3.63, 3.8) is 0 Å². The number of benzene rings is 3. The third-order valence-electron chi connectivity index (χ3n) is 6.73. The van der Waals surface area contributed by atoms with Crippen LogP contribution in [0.25, 0.3) is 11.1 Å². The lowest BCUT2D eigenvalue weighted by molar-refractivity contribution is -0.134. The highest BCUT2D eigenvalue weighted by Crippen LogP contribution is 2.42. The lowest BCUT2D eigenvalue weighted by Crippen LogP contribution is -2.34. The number of carbonyl (C=O) groups is 2. The van der Waals surface area contributed by atoms with Gasteiger partial charge in [0, 0.05) is 40.9 Å². The van der Waals surface area contributed by atoms with Crippen LogP contribution < -0.4 is 24.3 Å². The van der Waals surface area contributed by atoms with Crippen molar-refractivity contribution in [1.29, 1.82) is 0 Å². The zero-order valence-corrected chi connectivity index (χ0v) is 21.6. The number of hydrogen-bond donors (Lipinski definition) is 1. The fraction of sp³-hybridized carbons (Fsp3) is 0.286. The number of anilines is 1. The zero-order chi connectivity index (χ0) is 26.1. The van der Waals surface area contributed by atoms with Crippen molar-refractivity contribution in [2.75, 3.05) is 39.8 Å². The number of nitrogens with zero attached hydrogens (tertiary/aromatic N) is 1. The van der Waals surface area contributed by atoms with Crippen molar-refractivity contribution < 1.29 is 28.5 Å². The standard InChI is InChI=1S/C28H27ClN2O6/c1-34-19-5-6-20-22(28(33)30-23(20)13-19)14-26(32)31-8-9-37-27-17(15-31)10-16(11-25(27)36-3)21-12-18(29)4-7-24(21)35-2/h4-7,10-13,22H,8-9,14-15H2,1-3H3,(H,30,33). The van der Waals surface area contributed by atoms with E-state index < -0.39 is 5.92 Å². The molecule has 0 spiro atoms. The molecule has 3 aromatic carbocycles. The molecule has 2 heterocycles. The fourth-order valence-corrected chi connectivity index (χ4v) is 5.02. The van der Waals surface area contributed by atoms with E-state index in [0.29, 0.717) is 53.4 Å². The third-order valence-corrected chi connectivity index (χ3v) is 6.97. The van der Waals surface area contributed by atoms with Gasteiger partial charge in [-0.05, 0) is 47.5 Å². The van der Waals surface area contributed by atoms with Gasteiger partial charge in [0.05, 0.1) is 33.8 Å². The molecule has 0 fully saturated rings. The molecule has 1 unspecified atom stereocenters. The summed E-state index contributed by atoms with van der Waals surface area (Å²) in [7, 11) is 4.75. The van der Waals surface area contributed by atoms with E-state index in [-0.39, 0.29) is 18.2 Å². The van der Waals surface area contributed by atoms with Crippen LogP contribution in [-0.2, 0) is 16.1 Å². The summed E-state index contributed by atoms with van der Waals surface area (Å²) >= 11 is 6.27. The summed E-state index contributed by atoms with van der Waals surface area (Å²) in [5.74, 6) is 1.57. The first-order valence-electron chi connectivity index (χ1n) is 11.9. The molecular weight excluding hydrogens is 496 g/mol. The Kier molecular flexibility index (Phi) is 6.84. The molecule has 2 amide bonds. The van der Waals surface area contributed by atoms with Crippen LogP contribution in [0, 0.1) is 0 Å². The van der Waals surface area contributed by atoms with Gasteiger partial charge in [0.1, 0.15) is 18.1 Å².